The van der Waals surface area contributed by atoms with Crippen LogP contribution in [0.2, 0.25) is 0 Å². The van der Waals surface area contributed by atoms with Crippen molar-refractivity contribution in [1.82, 2.24) is 5.32 Å². The lowest BCUT2D eigenvalue weighted by atomic mass is 9.78. The molecular formula is C31H32N2O5. The summed E-state index contributed by atoms with van der Waals surface area (Å²) in [5.41, 5.74) is 2.68. The van der Waals surface area contributed by atoms with Gasteiger partial charge in [0.2, 0.25) is 0 Å². The van der Waals surface area contributed by atoms with Crippen LogP contribution >= 0.6 is 0 Å². The summed E-state index contributed by atoms with van der Waals surface area (Å²) in [4.78, 5) is 24.6. The van der Waals surface area contributed by atoms with Gasteiger partial charge in [0.05, 0.1) is 7.11 Å². The standard InChI is InChI=1S/C31H32N2O5/c1-5-17-33-30(35)23(20-32)18-22-11-16-27(28(19-22)36-4)38-29(34)21-37-26-14-12-25(13-15-26)31(2,3)24-9-7-6-8-10-24/h6-16,18-19H,5,17,21H2,1-4H3,(H,33,35)/b23-18+. The number of hydrogen-bond acceptors (Lipinski definition) is 6. The molecule has 0 atom stereocenters. The first kappa shape index (κ1) is 28.0. The molecule has 0 unspecified atom stereocenters. The molecule has 3 aromatic carbocycles. The molecule has 0 saturated carbocycles. The Morgan fingerprint density at radius 1 is 0.974 bits per heavy atom. The van der Waals surface area contributed by atoms with Gasteiger partial charge in [0.15, 0.2) is 18.1 Å². The second-order valence-electron chi connectivity index (χ2n) is 9.11. The first-order chi connectivity index (χ1) is 18.3. The van der Waals surface area contributed by atoms with Crippen LogP contribution in [0.15, 0.2) is 78.4 Å². The smallest absolute Gasteiger partial charge is 0.349 e. The Morgan fingerprint density at radius 2 is 1.66 bits per heavy atom. The SMILES string of the molecule is CCCNC(=O)/C(C#N)=C/c1ccc(OC(=O)COc2ccc(C(C)(C)c3ccccc3)cc2)c(OC)c1. The number of rotatable bonds is 11. The van der Waals surface area contributed by atoms with Crippen molar-refractivity contribution in [3.8, 4) is 23.3 Å². The van der Waals surface area contributed by atoms with Crippen LogP contribution in [0.4, 0.5) is 0 Å². The average molecular weight is 513 g/mol. The molecule has 0 saturated heterocycles. The van der Waals surface area contributed by atoms with Crippen LogP contribution in [0.3, 0.4) is 0 Å². The molecule has 0 aromatic heterocycles. The van der Waals surface area contributed by atoms with Gasteiger partial charge in [0.1, 0.15) is 17.4 Å². The van der Waals surface area contributed by atoms with Crippen molar-refractivity contribution >= 4 is 18.0 Å². The van der Waals surface area contributed by atoms with Crippen LogP contribution in [0, 0.1) is 11.3 Å². The number of ether oxygens (including phenoxy) is 3. The molecule has 1 N–H and O–H groups in total. The number of nitrogens with zero attached hydrogens (tertiary/aromatic N) is 1. The quantitative estimate of drug-likeness (QED) is 0.159. The van der Waals surface area contributed by atoms with Gasteiger partial charge in [-0.05, 0) is 53.5 Å². The molecule has 0 spiro atoms. The zero-order valence-corrected chi connectivity index (χ0v) is 22.1. The van der Waals surface area contributed by atoms with Crippen LogP contribution in [0.1, 0.15) is 43.9 Å². The molecule has 0 bridgehead atoms. The number of carbonyl (C=O) groups excluding carboxylic acids is 2. The molecule has 0 aliphatic heterocycles. The summed E-state index contributed by atoms with van der Waals surface area (Å²) in [7, 11) is 1.44. The second-order valence-corrected chi connectivity index (χ2v) is 9.11. The predicted octanol–water partition coefficient (Wildman–Crippen LogP) is 5.44. The highest BCUT2D eigenvalue weighted by atomic mass is 16.6. The number of hydrogen-bond donors (Lipinski definition) is 1. The molecule has 38 heavy (non-hydrogen) atoms. The number of benzene rings is 3. The van der Waals surface area contributed by atoms with Gasteiger partial charge in [-0.15, -0.1) is 0 Å². The van der Waals surface area contributed by atoms with E-state index in [1.807, 2.05) is 55.5 Å². The zero-order valence-electron chi connectivity index (χ0n) is 22.1. The van der Waals surface area contributed by atoms with Crippen LogP contribution in [0.5, 0.6) is 17.2 Å². The molecule has 1 amide bonds. The van der Waals surface area contributed by atoms with E-state index in [0.717, 1.165) is 12.0 Å². The molecular weight excluding hydrogens is 480 g/mol. The van der Waals surface area contributed by atoms with Gasteiger partial charge < -0.3 is 19.5 Å². The minimum absolute atomic E-state index is 0.0307. The Kier molecular flexibility index (Phi) is 9.66. The fraction of sp³-hybridized carbons (Fsp3) is 0.258. The molecule has 196 valence electrons. The Hall–Kier alpha value is -4.57. The molecule has 0 aliphatic carbocycles. The maximum atomic E-state index is 12.5. The van der Waals surface area contributed by atoms with Crippen molar-refractivity contribution in [1.29, 1.82) is 5.26 Å². The van der Waals surface area contributed by atoms with Crippen LogP contribution < -0.4 is 19.5 Å². The number of nitriles is 1. The van der Waals surface area contributed by atoms with E-state index < -0.39 is 11.9 Å². The number of esters is 1. The fourth-order valence-corrected chi connectivity index (χ4v) is 3.79. The predicted molar refractivity (Wildman–Crippen MR) is 146 cm³/mol. The van der Waals surface area contributed by atoms with Crippen molar-refractivity contribution in [2.45, 2.75) is 32.6 Å². The van der Waals surface area contributed by atoms with Crippen molar-refractivity contribution < 1.29 is 23.8 Å². The van der Waals surface area contributed by atoms with E-state index >= 15 is 0 Å². The molecule has 3 rings (SSSR count). The highest BCUT2D eigenvalue weighted by Gasteiger charge is 2.22. The van der Waals surface area contributed by atoms with E-state index in [0.29, 0.717) is 17.9 Å². The largest absolute Gasteiger partial charge is 0.493 e. The van der Waals surface area contributed by atoms with Crippen molar-refractivity contribution in [2.75, 3.05) is 20.3 Å². The monoisotopic (exact) mass is 512 g/mol. The van der Waals surface area contributed by atoms with Crippen LogP contribution in [0.25, 0.3) is 6.08 Å². The third kappa shape index (κ3) is 7.23. The van der Waals surface area contributed by atoms with Gasteiger partial charge in [0.25, 0.3) is 5.91 Å². The van der Waals surface area contributed by atoms with E-state index in [9.17, 15) is 14.9 Å². The summed E-state index contributed by atoms with van der Waals surface area (Å²) < 4.78 is 16.4. The highest BCUT2D eigenvalue weighted by Crippen LogP contribution is 2.32. The van der Waals surface area contributed by atoms with Crippen molar-refractivity contribution in [2.24, 2.45) is 0 Å². The second kappa shape index (κ2) is 13.1. The minimum atomic E-state index is -0.600. The Labute approximate surface area is 223 Å². The molecule has 7 heteroatoms. The Balaban J connectivity index is 1.62. The Morgan fingerprint density at radius 3 is 2.29 bits per heavy atom. The average Bonchev–Trinajstić information content (AvgIpc) is 2.94. The zero-order chi connectivity index (χ0) is 27.5. The van der Waals surface area contributed by atoms with Gasteiger partial charge in [-0.1, -0.05) is 69.3 Å². The third-order valence-electron chi connectivity index (χ3n) is 6.05. The van der Waals surface area contributed by atoms with Crippen molar-refractivity contribution in [3.05, 3.63) is 95.1 Å². The van der Waals surface area contributed by atoms with E-state index in [1.54, 1.807) is 18.2 Å². The third-order valence-corrected chi connectivity index (χ3v) is 6.05. The highest BCUT2D eigenvalue weighted by molar-refractivity contribution is 6.01. The lowest BCUT2D eigenvalue weighted by Gasteiger charge is -2.26. The lowest BCUT2D eigenvalue weighted by molar-refractivity contribution is -0.136. The van der Waals surface area contributed by atoms with E-state index in [4.69, 9.17) is 14.2 Å². The van der Waals surface area contributed by atoms with Gasteiger partial charge in [0, 0.05) is 12.0 Å². The van der Waals surface area contributed by atoms with Gasteiger partial charge in [-0.25, -0.2) is 4.79 Å². The topological polar surface area (TPSA) is 97.7 Å². The number of amides is 1. The summed E-state index contributed by atoms with van der Waals surface area (Å²) in [5, 5.41) is 12.0. The molecule has 3 aromatic rings. The fourth-order valence-electron chi connectivity index (χ4n) is 3.79. The maximum Gasteiger partial charge on any atom is 0.349 e. The maximum absolute atomic E-state index is 12.5. The summed E-state index contributed by atoms with van der Waals surface area (Å²) >= 11 is 0. The summed E-state index contributed by atoms with van der Waals surface area (Å²) in [6.07, 6.45) is 2.21. The first-order valence-corrected chi connectivity index (χ1v) is 12.4. The normalized spacial score (nSPS) is 11.3. The van der Waals surface area contributed by atoms with Gasteiger partial charge in [-0.3, -0.25) is 4.79 Å². The van der Waals surface area contributed by atoms with Crippen molar-refractivity contribution in [3.63, 3.8) is 0 Å². The number of nitrogens with one attached hydrogen (secondary N) is 1. The molecule has 7 nitrogen and oxygen atoms in total. The van der Waals surface area contributed by atoms with Gasteiger partial charge >= 0.3 is 5.97 Å². The number of methoxy groups -OCH3 is 1. The van der Waals surface area contributed by atoms with Gasteiger partial charge in [-0.2, -0.15) is 5.26 Å². The van der Waals surface area contributed by atoms with E-state index in [1.165, 1.54) is 18.7 Å². The molecule has 0 radical (unpaired) electrons. The molecule has 0 heterocycles. The lowest BCUT2D eigenvalue weighted by Crippen LogP contribution is -2.25. The summed E-state index contributed by atoms with van der Waals surface area (Å²) in [5.74, 6) is -0.0139. The first-order valence-electron chi connectivity index (χ1n) is 12.4. The minimum Gasteiger partial charge on any atom is -0.493 e. The Bertz CT molecular complexity index is 1320. The summed E-state index contributed by atoms with van der Waals surface area (Å²) in [6.45, 7) is 6.43. The van der Waals surface area contributed by atoms with E-state index in [2.05, 4.69) is 31.3 Å². The molecule has 0 aliphatic rings. The van der Waals surface area contributed by atoms with E-state index in [-0.39, 0.29) is 29.1 Å². The number of carbonyl (C=O) groups is 2. The van der Waals surface area contributed by atoms with Crippen LogP contribution in [-0.2, 0) is 15.0 Å². The van der Waals surface area contributed by atoms with Crippen LogP contribution in [-0.4, -0.2) is 32.1 Å². The summed E-state index contributed by atoms with van der Waals surface area (Å²) in [6, 6.07) is 24.5. The molecule has 0 fully saturated rings.